The lowest BCUT2D eigenvalue weighted by molar-refractivity contribution is 0.0789. The largest absolute Gasteiger partial charge is 0.458 e. The summed E-state index contributed by atoms with van der Waals surface area (Å²) in [5.74, 6) is 0.348. The molecule has 0 spiro atoms. The lowest BCUT2D eigenvalue weighted by atomic mass is 10.0. The van der Waals surface area contributed by atoms with Gasteiger partial charge in [-0.25, -0.2) is 4.98 Å². The summed E-state index contributed by atoms with van der Waals surface area (Å²) in [6.07, 6.45) is 2.42. The number of amides is 1. The van der Waals surface area contributed by atoms with Crippen LogP contribution in [0.5, 0.6) is 0 Å². The standard InChI is InChI=1S/C19H18N6O3/c1-24(2)18(26)17-22-23-19(28-17)25-8-7-12-15(21-10-20-12)16(25)14-9-11-5-3-4-6-13(11)27-14/h3-6,9-10,16H,7-8H2,1-2H3,(H,20,21)/t16-/m1/s1. The summed E-state index contributed by atoms with van der Waals surface area (Å²) in [4.78, 5) is 23.2. The van der Waals surface area contributed by atoms with Crippen LogP contribution in [0.3, 0.4) is 0 Å². The SMILES string of the molecule is CN(C)C(=O)c1nnc(N2CCc3[nH]cnc3[C@H]2c2cc3ccccc3o2)o1. The highest BCUT2D eigenvalue weighted by Gasteiger charge is 2.36. The summed E-state index contributed by atoms with van der Waals surface area (Å²) >= 11 is 0. The molecule has 4 aromatic rings. The number of furan rings is 1. The van der Waals surface area contributed by atoms with Crippen LogP contribution in [0.4, 0.5) is 6.01 Å². The monoisotopic (exact) mass is 378 g/mol. The number of fused-ring (bicyclic) bond motifs is 2. The molecule has 1 N–H and O–H groups in total. The Morgan fingerprint density at radius 1 is 1.25 bits per heavy atom. The number of hydrogen-bond acceptors (Lipinski definition) is 7. The minimum Gasteiger partial charge on any atom is -0.458 e. The van der Waals surface area contributed by atoms with Gasteiger partial charge in [0.25, 0.3) is 0 Å². The van der Waals surface area contributed by atoms with Gasteiger partial charge in [-0.2, -0.15) is 0 Å². The first-order valence-corrected chi connectivity index (χ1v) is 8.94. The van der Waals surface area contributed by atoms with E-state index in [1.807, 2.05) is 35.2 Å². The van der Waals surface area contributed by atoms with Crippen molar-refractivity contribution in [2.24, 2.45) is 0 Å². The Bertz CT molecular complexity index is 1120. The van der Waals surface area contributed by atoms with Crippen LogP contribution >= 0.6 is 0 Å². The molecule has 142 valence electrons. The fourth-order valence-electron chi connectivity index (χ4n) is 3.52. The van der Waals surface area contributed by atoms with Gasteiger partial charge in [0.15, 0.2) is 0 Å². The Kier molecular flexibility index (Phi) is 3.68. The van der Waals surface area contributed by atoms with E-state index in [0.29, 0.717) is 6.54 Å². The summed E-state index contributed by atoms with van der Waals surface area (Å²) < 4.78 is 11.8. The number of nitrogens with one attached hydrogen (secondary N) is 1. The van der Waals surface area contributed by atoms with Crippen LogP contribution in [0.25, 0.3) is 11.0 Å². The molecular formula is C19H18N6O3. The number of benzene rings is 1. The molecule has 1 amide bonds. The van der Waals surface area contributed by atoms with Crippen molar-refractivity contribution in [1.29, 1.82) is 0 Å². The van der Waals surface area contributed by atoms with E-state index in [4.69, 9.17) is 8.83 Å². The van der Waals surface area contributed by atoms with E-state index in [9.17, 15) is 4.79 Å². The third-order valence-corrected chi connectivity index (χ3v) is 4.89. The van der Waals surface area contributed by atoms with Crippen LogP contribution in [0.1, 0.15) is 33.9 Å². The molecule has 0 radical (unpaired) electrons. The van der Waals surface area contributed by atoms with Crippen LogP contribution < -0.4 is 4.90 Å². The normalized spacial score (nSPS) is 16.4. The maximum Gasteiger partial charge on any atom is 0.319 e. The molecule has 0 saturated carbocycles. The summed E-state index contributed by atoms with van der Waals surface area (Å²) in [6.45, 7) is 0.620. The van der Waals surface area contributed by atoms with Crippen LogP contribution in [0.15, 0.2) is 45.5 Å². The Morgan fingerprint density at radius 3 is 2.93 bits per heavy atom. The van der Waals surface area contributed by atoms with Gasteiger partial charge >= 0.3 is 17.8 Å². The highest BCUT2D eigenvalue weighted by molar-refractivity contribution is 5.89. The molecule has 4 heterocycles. The lowest BCUT2D eigenvalue weighted by Gasteiger charge is -2.31. The maximum absolute atomic E-state index is 12.1. The van der Waals surface area contributed by atoms with E-state index >= 15 is 0 Å². The molecule has 0 aliphatic carbocycles. The zero-order chi connectivity index (χ0) is 19.3. The predicted molar refractivity (Wildman–Crippen MR) is 100 cm³/mol. The van der Waals surface area contributed by atoms with Crippen molar-refractivity contribution < 1.29 is 13.6 Å². The summed E-state index contributed by atoms with van der Waals surface area (Å²) in [6, 6.07) is 9.77. The van der Waals surface area contributed by atoms with Gasteiger partial charge < -0.3 is 23.6 Å². The minimum absolute atomic E-state index is 0.0452. The zero-order valence-corrected chi connectivity index (χ0v) is 15.4. The number of anilines is 1. The highest BCUT2D eigenvalue weighted by Crippen LogP contribution is 2.38. The molecule has 28 heavy (non-hydrogen) atoms. The number of para-hydroxylation sites is 1. The van der Waals surface area contributed by atoms with E-state index in [2.05, 4.69) is 20.2 Å². The first kappa shape index (κ1) is 16.5. The molecule has 1 aliphatic rings. The lowest BCUT2D eigenvalue weighted by Crippen LogP contribution is -2.36. The van der Waals surface area contributed by atoms with E-state index < -0.39 is 0 Å². The molecule has 0 fully saturated rings. The Hall–Kier alpha value is -3.62. The molecule has 5 rings (SSSR count). The molecule has 9 nitrogen and oxygen atoms in total. The number of aromatic nitrogens is 4. The zero-order valence-electron chi connectivity index (χ0n) is 15.4. The second kappa shape index (κ2) is 6.22. The minimum atomic E-state index is -0.337. The van der Waals surface area contributed by atoms with E-state index in [1.54, 1.807) is 20.4 Å². The molecule has 3 aromatic heterocycles. The number of aromatic amines is 1. The van der Waals surface area contributed by atoms with Crippen molar-refractivity contribution in [3.05, 3.63) is 59.7 Å². The van der Waals surface area contributed by atoms with Crippen molar-refractivity contribution >= 4 is 22.9 Å². The third-order valence-electron chi connectivity index (χ3n) is 4.89. The predicted octanol–water partition coefficient (Wildman–Crippen LogP) is 2.39. The third kappa shape index (κ3) is 2.55. The second-order valence-corrected chi connectivity index (χ2v) is 6.89. The molecule has 0 bridgehead atoms. The van der Waals surface area contributed by atoms with Gasteiger partial charge in [-0.3, -0.25) is 4.79 Å². The van der Waals surface area contributed by atoms with Gasteiger partial charge in [-0.1, -0.05) is 23.3 Å². The number of hydrogen-bond donors (Lipinski definition) is 1. The number of nitrogens with zero attached hydrogens (tertiary/aromatic N) is 5. The fraction of sp³-hybridized carbons (Fsp3) is 0.263. The number of carbonyl (C=O) groups is 1. The van der Waals surface area contributed by atoms with Crippen LogP contribution in [0, 0.1) is 0 Å². The first-order chi connectivity index (χ1) is 13.6. The van der Waals surface area contributed by atoms with Gasteiger partial charge in [-0.05, 0) is 12.1 Å². The van der Waals surface area contributed by atoms with Gasteiger partial charge in [0.1, 0.15) is 17.4 Å². The Labute approximate surface area is 160 Å². The van der Waals surface area contributed by atoms with Crippen molar-refractivity contribution in [1.82, 2.24) is 25.1 Å². The van der Waals surface area contributed by atoms with Crippen LogP contribution in [0.2, 0.25) is 0 Å². The number of imidazole rings is 1. The van der Waals surface area contributed by atoms with Gasteiger partial charge in [0, 0.05) is 38.1 Å². The molecule has 9 heteroatoms. The van der Waals surface area contributed by atoms with Crippen molar-refractivity contribution in [3.8, 4) is 0 Å². The Morgan fingerprint density at radius 2 is 2.11 bits per heavy atom. The number of rotatable bonds is 3. The molecule has 0 saturated heterocycles. The first-order valence-electron chi connectivity index (χ1n) is 8.94. The summed E-state index contributed by atoms with van der Waals surface area (Å²) in [5, 5.41) is 9.04. The van der Waals surface area contributed by atoms with E-state index in [-0.39, 0.29) is 23.9 Å². The Balaban J connectivity index is 1.60. The van der Waals surface area contributed by atoms with Gasteiger partial charge in [-0.15, -0.1) is 5.10 Å². The topological polar surface area (TPSA) is 104 Å². The molecule has 1 aromatic carbocycles. The maximum atomic E-state index is 12.1. The van der Waals surface area contributed by atoms with Gasteiger partial charge in [0.2, 0.25) is 0 Å². The smallest absolute Gasteiger partial charge is 0.319 e. The molecule has 1 atom stereocenters. The average molecular weight is 378 g/mol. The summed E-state index contributed by atoms with van der Waals surface area (Å²) in [7, 11) is 3.28. The molecular weight excluding hydrogens is 360 g/mol. The van der Waals surface area contributed by atoms with Crippen LogP contribution in [-0.4, -0.2) is 51.6 Å². The number of H-pyrrole nitrogens is 1. The molecule has 0 unspecified atom stereocenters. The average Bonchev–Trinajstić information content (AvgIpc) is 3.44. The highest BCUT2D eigenvalue weighted by atomic mass is 16.4. The van der Waals surface area contributed by atoms with E-state index in [0.717, 1.165) is 34.5 Å². The van der Waals surface area contributed by atoms with Crippen molar-refractivity contribution in [2.45, 2.75) is 12.5 Å². The van der Waals surface area contributed by atoms with Crippen LogP contribution in [-0.2, 0) is 6.42 Å². The quantitative estimate of drug-likeness (QED) is 0.584. The fourth-order valence-corrected chi connectivity index (χ4v) is 3.52. The second-order valence-electron chi connectivity index (χ2n) is 6.89. The van der Waals surface area contributed by atoms with Crippen molar-refractivity contribution in [2.75, 3.05) is 25.5 Å². The van der Waals surface area contributed by atoms with E-state index in [1.165, 1.54) is 4.90 Å². The summed E-state index contributed by atoms with van der Waals surface area (Å²) in [5.41, 5.74) is 2.70. The van der Waals surface area contributed by atoms with Gasteiger partial charge in [0.05, 0.1) is 12.0 Å². The molecule has 1 aliphatic heterocycles. The van der Waals surface area contributed by atoms with Crippen molar-refractivity contribution in [3.63, 3.8) is 0 Å². The number of carbonyl (C=O) groups excluding carboxylic acids is 1.